The summed E-state index contributed by atoms with van der Waals surface area (Å²) >= 11 is 0. The van der Waals surface area contributed by atoms with Gasteiger partial charge >= 0.3 is 16.8 Å². The number of rotatable bonds is 0. The molecule has 0 N–H and O–H groups in total. The van der Waals surface area contributed by atoms with Gasteiger partial charge in [-0.05, 0) is 0 Å². The Labute approximate surface area is 142 Å². The van der Waals surface area contributed by atoms with Crippen molar-refractivity contribution in [2.45, 2.75) is 69.2 Å². The Morgan fingerprint density at radius 2 is 0.810 bits per heavy atom. The number of hydrogen-bond acceptors (Lipinski definition) is 0. The van der Waals surface area contributed by atoms with Crippen LogP contribution < -0.4 is 0 Å². The summed E-state index contributed by atoms with van der Waals surface area (Å²) in [7, 11) is 0. The molecule has 0 saturated carbocycles. The van der Waals surface area contributed by atoms with E-state index >= 15 is 0 Å². The fourth-order valence-electron chi connectivity index (χ4n) is 2.81. The second-order valence-corrected chi connectivity index (χ2v) is 7.25. The third kappa shape index (κ3) is 4.23. The van der Waals surface area contributed by atoms with Crippen LogP contribution in [-0.4, -0.2) is 0 Å². The smallest absolute Gasteiger partial charge is 0.263 e. The van der Waals surface area contributed by atoms with Crippen LogP contribution in [-0.2, 0) is 16.8 Å². The van der Waals surface area contributed by atoms with Gasteiger partial charge in [0.05, 0.1) is 0 Å². The fourth-order valence-corrected chi connectivity index (χ4v) is 2.81. The van der Waals surface area contributed by atoms with Crippen molar-refractivity contribution in [3.05, 3.63) is 45.6 Å². The van der Waals surface area contributed by atoms with E-state index in [4.69, 9.17) is 0 Å². The van der Waals surface area contributed by atoms with Gasteiger partial charge in [0.15, 0.2) is 0 Å². The Kier molecular flexibility index (Phi) is 6.53. The minimum Gasteiger partial charge on any atom is -0.263 e. The van der Waals surface area contributed by atoms with Crippen molar-refractivity contribution in [3.63, 3.8) is 0 Å². The molecule has 0 aliphatic heterocycles. The zero-order valence-corrected chi connectivity index (χ0v) is 16.4. The van der Waals surface area contributed by atoms with Crippen molar-refractivity contribution < 1.29 is 16.8 Å². The normalized spacial score (nSPS) is 22.4. The van der Waals surface area contributed by atoms with Crippen LogP contribution in [0.5, 0.6) is 0 Å². The quantitative estimate of drug-likeness (QED) is 0.463. The van der Waals surface area contributed by atoms with E-state index in [1.807, 2.05) is 0 Å². The summed E-state index contributed by atoms with van der Waals surface area (Å²) in [5.41, 5.74) is 8.79. The van der Waals surface area contributed by atoms with E-state index < -0.39 is 0 Å². The minimum atomic E-state index is 0. The third-order valence-electron chi connectivity index (χ3n) is 5.12. The minimum absolute atomic E-state index is 0. The van der Waals surface area contributed by atoms with Crippen LogP contribution in [0.4, 0.5) is 0 Å². The van der Waals surface area contributed by atoms with Crippen LogP contribution in [0.25, 0.3) is 0 Å². The Morgan fingerprint density at radius 1 is 0.571 bits per heavy atom. The molecule has 2 rings (SSSR count). The van der Waals surface area contributed by atoms with Crippen molar-refractivity contribution in [1.82, 2.24) is 0 Å². The van der Waals surface area contributed by atoms with Gasteiger partial charge in [0.1, 0.15) is 0 Å². The summed E-state index contributed by atoms with van der Waals surface area (Å²) in [5.74, 6) is 0. The van der Waals surface area contributed by atoms with E-state index in [2.05, 4.69) is 81.4 Å². The Hall–Kier alpha value is -0.534. The first-order chi connectivity index (χ1) is 8.90. The van der Waals surface area contributed by atoms with Gasteiger partial charge in [0.2, 0.25) is 0 Å². The molecule has 0 aromatic heterocycles. The molecule has 0 fully saturated rings. The summed E-state index contributed by atoms with van der Waals surface area (Å²) in [4.78, 5) is 0. The van der Waals surface area contributed by atoms with Crippen LogP contribution in [0, 0.1) is 23.0 Å². The second-order valence-electron chi connectivity index (χ2n) is 7.25. The molecule has 0 heterocycles. The molecule has 2 aliphatic carbocycles. The van der Waals surface area contributed by atoms with Crippen molar-refractivity contribution in [2.75, 3.05) is 0 Å². The van der Waals surface area contributed by atoms with Gasteiger partial charge in [-0.2, -0.15) is 22.3 Å². The van der Waals surface area contributed by atoms with Gasteiger partial charge in [-0.1, -0.05) is 66.2 Å². The average Bonchev–Trinajstić information content (AvgIpc) is 2.60. The first-order valence-electron chi connectivity index (χ1n) is 7.50. The van der Waals surface area contributed by atoms with Crippen molar-refractivity contribution >= 4 is 0 Å². The van der Waals surface area contributed by atoms with Crippen molar-refractivity contribution in [1.29, 1.82) is 0 Å². The van der Waals surface area contributed by atoms with Crippen LogP contribution >= 0.6 is 0 Å². The summed E-state index contributed by atoms with van der Waals surface area (Å²) in [6, 6.07) is 0. The molecule has 0 amide bonds. The molecule has 21 heavy (non-hydrogen) atoms. The monoisotopic (exact) mass is 329 g/mol. The SMILES string of the molecule is CC1=[C-]C(C)(C)C(C)=C1C.CC1=[C-]C(C)(C)C(C)=C1C.[Co+2]. The molecule has 1 heteroatoms. The largest absolute Gasteiger partial charge is 2.00 e. The van der Waals surface area contributed by atoms with Crippen LogP contribution in [0.15, 0.2) is 33.4 Å². The zero-order valence-electron chi connectivity index (χ0n) is 15.3. The average molecular weight is 329 g/mol. The first kappa shape index (κ1) is 20.5. The summed E-state index contributed by atoms with van der Waals surface area (Å²) in [6.07, 6.45) is 6.87. The van der Waals surface area contributed by atoms with E-state index in [1.165, 1.54) is 33.4 Å². The molecule has 0 nitrogen and oxygen atoms in total. The van der Waals surface area contributed by atoms with Crippen LogP contribution in [0.1, 0.15) is 69.2 Å². The Balaban J connectivity index is 0.000000364. The second kappa shape index (κ2) is 6.70. The summed E-state index contributed by atoms with van der Waals surface area (Å²) in [6.45, 7) is 21.8. The predicted octanol–water partition coefficient (Wildman–Crippen LogP) is 6.22. The first-order valence-corrected chi connectivity index (χ1v) is 7.50. The van der Waals surface area contributed by atoms with Crippen molar-refractivity contribution in [3.8, 4) is 0 Å². The van der Waals surface area contributed by atoms with Crippen molar-refractivity contribution in [2.24, 2.45) is 10.8 Å². The zero-order chi connectivity index (χ0) is 15.9. The third-order valence-corrected chi connectivity index (χ3v) is 5.12. The maximum Gasteiger partial charge on any atom is 2.00 e. The maximum atomic E-state index is 3.44. The molecule has 0 unspecified atom stereocenters. The Morgan fingerprint density at radius 3 is 0.857 bits per heavy atom. The maximum absolute atomic E-state index is 3.44. The fraction of sp³-hybridized carbons (Fsp3) is 0.600. The van der Waals surface area contributed by atoms with E-state index in [9.17, 15) is 0 Å². The molecule has 0 bridgehead atoms. The van der Waals surface area contributed by atoms with Gasteiger partial charge in [0, 0.05) is 0 Å². The molecular weight excluding hydrogens is 299 g/mol. The predicted molar refractivity (Wildman–Crippen MR) is 89.2 cm³/mol. The van der Waals surface area contributed by atoms with E-state index in [1.54, 1.807) is 0 Å². The van der Waals surface area contributed by atoms with E-state index in [0.29, 0.717) is 0 Å². The summed E-state index contributed by atoms with van der Waals surface area (Å²) < 4.78 is 0. The van der Waals surface area contributed by atoms with Gasteiger partial charge in [0.25, 0.3) is 0 Å². The van der Waals surface area contributed by atoms with Gasteiger partial charge in [-0.3, -0.25) is 12.2 Å². The van der Waals surface area contributed by atoms with Gasteiger partial charge < -0.3 is 0 Å². The Bertz CT molecular complexity index is 484. The van der Waals surface area contributed by atoms with E-state index in [0.717, 1.165) is 0 Å². The molecule has 1 radical (unpaired) electrons. The van der Waals surface area contributed by atoms with Gasteiger partial charge in [-0.25, -0.2) is 11.1 Å². The molecule has 0 aromatic carbocycles. The summed E-state index contributed by atoms with van der Waals surface area (Å²) in [5, 5.41) is 0. The molecule has 0 saturated heterocycles. The standard InChI is InChI=1S/2C10H15.Co/c2*1-7-6-10(4,5)9(3)8(7)2;/h2*1-5H3;/q2*-1;+2. The molecule has 0 spiro atoms. The van der Waals surface area contributed by atoms with Crippen LogP contribution in [0.2, 0.25) is 0 Å². The van der Waals surface area contributed by atoms with Crippen LogP contribution in [0.3, 0.4) is 0 Å². The molecule has 2 aliphatic rings. The topological polar surface area (TPSA) is 0 Å². The van der Waals surface area contributed by atoms with E-state index in [-0.39, 0.29) is 27.6 Å². The number of allylic oxidation sites excluding steroid dienone is 8. The molecule has 0 aromatic rings. The molecular formula is C20H30Co. The molecule has 119 valence electrons. The molecule has 0 atom stereocenters. The van der Waals surface area contributed by atoms with Gasteiger partial charge in [-0.15, -0.1) is 13.8 Å². The number of hydrogen-bond donors (Lipinski definition) is 0.